The molecule has 0 aromatic heterocycles. The Morgan fingerprint density at radius 3 is 2.75 bits per heavy atom. The number of nitrogens with two attached hydrogens (primary N) is 1. The van der Waals surface area contributed by atoms with E-state index in [9.17, 15) is 4.79 Å². The molecule has 128 valence electrons. The normalized spacial score (nSPS) is 24.1. The van der Waals surface area contributed by atoms with Crippen molar-refractivity contribution in [3.05, 3.63) is 48.6 Å². The maximum absolute atomic E-state index is 12.5. The summed E-state index contributed by atoms with van der Waals surface area (Å²) in [5.74, 6) is 0.506. The summed E-state index contributed by atoms with van der Waals surface area (Å²) in [7, 11) is 0. The molecule has 2 aliphatic rings. The Kier molecular flexibility index (Phi) is 4.46. The summed E-state index contributed by atoms with van der Waals surface area (Å²) in [5.41, 5.74) is 6.64. The second kappa shape index (κ2) is 6.55. The second-order valence-corrected chi connectivity index (χ2v) is 6.58. The number of carbonyl (C=O) groups is 1. The molecule has 6 nitrogen and oxygen atoms in total. The fourth-order valence-corrected chi connectivity index (χ4v) is 3.19. The number of ether oxygens (including phenoxy) is 1. The van der Waals surface area contributed by atoms with Crippen LogP contribution in [0.4, 0.5) is 4.79 Å². The Labute approximate surface area is 141 Å². The summed E-state index contributed by atoms with van der Waals surface area (Å²) in [4.78, 5) is 14.2. The van der Waals surface area contributed by atoms with Crippen LogP contribution in [-0.4, -0.2) is 41.2 Å². The Morgan fingerprint density at radius 2 is 2.17 bits per heavy atom. The molecule has 1 aromatic carbocycles. The van der Waals surface area contributed by atoms with Gasteiger partial charge in [0.2, 0.25) is 0 Å². The standard InChI is InChI=1S/C18H23N3O3/c1-2-10-24-17(22)21(12-18(8-9-18)16(19)20-23)15-11-14(15)13-6-4-3-5-7-13/h2-7,14-15,23H,1,8-12H2,(H2,19,20)/t14?,15-/m1/s1. The minimum atomic E-state index is -0.411. The summed E-state index contributed by atoms with van der Waals surface area (Å²) in [5, 5.41) is 12.2. The summed E-state index contributed by atoms with van der Waals surface area (Å²) in [6.45, 7) is 4.17. The predicted molar refractivity (Wildman–Crippen MR) is 90.9 cm³/mol. The van der Waals surface area contributed by atoms with E-state index < -0.39 is 5.41 Å². The molecule has 1 aromatic rings. The molecule has 0 spiro atoms. The van der Waals surface area contributed by atoms with E-state index in [2.05, 4.69) is 23.9 Å². The van der Waals surface area contributed by atoms with Gasteiger partial charge in [-0.05, 0) is 24.8 Å². The molecule has 2 aliphatic carbocycles. The molecule has 6 heteroatoms. The first-order chi connectivity index (χ1) is 11.6. The average molecular weight is 329 g/mol. The molecule has 0 bridgehead atoms. The Balaban J connectivity index is 1.74. The van der Waals surface area contributed by atoms with E-state index in [0.29, 0.717) is 12.5 Å². The molecule has 0 aliphatic heterocycles. The van der Waals surface area contributed by atoms with Gasteiger partial charge in [0.1, 0.15) is 12.4 Å². The maximum atomic E-state index is 12.5. The maximum Gasteiger partial charge on any atom is 0.410 e. The van der Waals surface area contributed by atoms with Crippen LogP contribution in [0.5, 0.6) is 0 Å². The summed E-state index contributed by atoms with van der Waals surface area (Å²) >= 11 is 0. The van der Waals surface area contributed by atoms with Crippen molar-refractivity contribution < 1.29 is 14.7 Å². The number of carbonyl (C=O) groups excluding carboxylic acids is 1. The van der Waals surface area contributed by atoms with Crippen molar-refractivity contribution in [3.8, 4) is 0 Å². The molecule has 0 radical (unpaired) electrons. The topological polar surface area (TPSA) is 88.2 Å². The third-order valence-corrected chi connectivity index (χ3v) is 4.92. The van der Waals surface area contributed by atoms with Crippen LogP contribution in [0.15, 0.2) is 48.1 Å². The zero-order valence-corrected chi connectivity index (χ0v) is 13.6. The van der Waals surface area contributed by atoms with Gasteiger partial charge in [0.25, 0.3) is 0 Å². The summed E-state index contributed by atoms with van der Waals surface area (Å²) < 4.78 is 5.25. The van der Waals surface area contributed by atoms with Gasteiger partial charge in [-0.25, -0.2) is 4.79 Å². The van der Waals surface area contributed by atoms with Gasteiger partial charge in [0.05, 0.1) is 0 Å². The average Bonchev–Trinajstić information content (AvgIpc) is 3.52. The third-order valence-electron chi connectivity index (χ3n) is 4.92. The van der Waals surface area contributed by atoms with Crippen LogP contribution in [-0.2, 0) is 4.74 Å². The number of hydrogen-bond acceptors (Lipinski definition) is 4. The number of hydrogen-bond donors (Lipinski definition) is 2. The van der Waals surface area contributed by atoms with Crippen molar-refractivity contribution in [2.45, 2.75) is 31.2 Å². The molecular weight excluding hydrogens is 306 g/mol. The number of nitrogens with zero attached hydrogens (tertiary/aromatic N) is 2. The highest BCUT2D eigenvalue weighted by Crippen LogP contribution is 2.51. The van der Waals surface area contributed by atoms with E-state index in [4.69, 9.17) is 15.7 Å². The van der Waals surface area contributed by atoms with E-state index in [0.717, 1.165) is 19.3 Å². The lowest BCUT2D eigenvalue weighted by Crippen LogP contribution is -2.43. The number of rotatable bonds is 7. The van der Waals surface area contributed by atoms with Gasteiger partial charge in [0, 0.05) is 23.9 Å². The molecule has 1 unspecified atom stereocenters. The molecular formula is C18H23N3O3. The van der Waals surface area contributed by atoms with Crippen molar-refractivity contribution in [1.29, 1.82) is 0 Å². The van der Waals surface area contributed by atoms with Gasteiger partial charge in [-0.1, -0.05) is 48.1 Å². The first-order valence-electron chi connectivity index (χ1n) is 8.18. The minimum absolute atomic E-state index is 0.0914. The molecule has 2 fully saturated rings. The zero-order chi connectivity index (χ0) is 17.2. The number of oxime groups is 1. The fourth-order valence-electron chi connectivity index (χ4n) is 3.19. The SMILES string of the molecule is C=CCOC(=O)N(CC1(C(N)=NO)CC1)[C@@H]1CC1c1ccccc1. The molecule has 3 rings (SSSR count). The van der Waals surface area contributed by atoms with Crippen LogP contribution in [0.2, 0.25) is 0 Å². The summed E-state index contributed by atoms with van der Waals surface area (Å²) in [6, 6.07) is 10.2. The van der Waals surface area contributed by atoms with Crippen molar-refractivity contribution in [3.63, 3.8) is 0 Å². The van der Waals surface area contributed by atoms with Gasteiger partial charge < -0.3 is 20.6 Å². The van der Waals surface area contributed by atoms with Crippen LogP contribution >= 0.6 is 0 Å². The summed E-state index contributed by atoms with van der Waals surface area (Å²) in [6.07, 6.45) is 3.72. The lowest BCUT2D eigenvalue weighted by molar-refractivity contribution is 0.104. The highest BCUT2D eigenvalue weighted by Gasteiger charge is 2.54. The lowest BCUT2D eigenvalue weighted by Gasteiger charge is -2.27. The largest absolute Gasteiger partial charge is 0.445 e. The monoisotopic (exact) mass is 329 g/mol. The number of benzene rings is 1. The quantitative estimate of drug-likeness (QED) is 0.265. The van der Waals surface area contributed by atoms with Crippen LogP contribution < -0.4 is 5.73 Å². The molecule has 3 N–H and O–H groups in total. The van der Waals surface area contributed by atoms with E-state index in [-0.39, 0.29) is 24.6 Å². The Morgan fingerprint density at radius 1 is 1.46 bits per heavy atom. The molecule has 1 amide bonds. The van der Waals surface area contributed by atoms with Gasteiger partial charge in [-0.15, -0.1) is 0 Å². The van der Waals surface area contributed by atoms with Crippen molar-refractivity contribution in [1.82, 2.24) is 4.90 Å². The van der Waals surface area contributed by atoms with Crippen molar-refractivity contribution in [2.75, 3.05) is 13.2 Å². The smallest absolute Gasteiger partial charge is 0.410 e. The number of amides is 1. The van der Waals surface area contributed by atoms with Crippen LogP contribution in [0.25, 0.3) is 0 Å². The van der Waals surface area contributed by atoms with Gasteiger partial charge >= 0.3 is 6.09 Å². The molecule has 2 saturated carbocycles. The fraction of sp³-hybridized carbons (Fsp3) is 0.444. The van der Waals surface area contributed by atoms with E-state index in [1.54, 1.807) is 11.0 Å². The van der Waals surface area contributed by atoms with E-state index in [1.807, 2.05) is 18.2 Å². The van der Waals surface area contributed by atoms with Crippen molar-refractivity contribution >= 4 is 11.9 Å². The third kappa shape index (κ3) is 3.22. The zero-order valence-electron chi connectivity index (χ0n) is 13.6. The van der Waals surface area contributed by atoms with Crippen LogP contribution in [0.3, 0.4) is 0 Å². The van der Waals surface area contributed by atoms with Crippen molar-refractivity contribution in [2.24, 2.45) is 16.3 Å². The first-order valence-corrected chi connectivity index (χ1v) is 8.18. The van der Waals surface area contributed by atoms with Crippen LogP contribution in [0, 0.1) is 5.41 Å². The Hall–Kier alpha value is -2.50. The number of amidine groups is 1. The highest BCUT2D eigenvalue weighted by molar-refractivity contribution is 5.89. The Bertz CT molecular complexity index is 640. The lowest BCUT2D eigenvalue weighted by atomic mass is 10.1. The minimum Gasteiger partial charge on any atom is -0.445 e. The first kappa shape index (κ1) is 16.4. The molecule has 24 heavy (non-hydrogen) atoms. The molecule has 0 saturated heterocycles. The predicted octanol–water partition coefficient (Wildman–Crippen LogP) is 2.69. The molecule has 0 heterocycles. The van der Waals surface area contributed by atoms with Gasteiger partial charge in [-0.3, -0.25) is 0 Å². The van der Waals surface area contributed by atoms with Crippen LogP contribution in [0.1, 0.15) is 30.7 Å². The van der Waals surface area contributed by atoms with Gasteiger partial charge in [0.15, 0.2) is 0 Å². The van der Waals surface area contributed by atoms with Gasteiger partial charge in [-0.2, -0.15) is 0 Å². The van der Waals surface area contributed by atoms with E-state index in [1.165, 1.54) is 5.56 Å². The van der Waals surface area contributed by atoms with E-state index >= 15 is 0 Å². The molecule has 2 atom stereocenters. The second-order valence-electron chi connectivity index (χ2n) is 6.58. The highest BCUT2D eigenvalue weighted by atomic mass is 16.6.